The number of nitrogens with zero attached hydrogens (tertiary/aromatic N) is 1. The number of fused-ring (bicyclic) bond motifs is 10. The average molecular weight is 670 g/mol. The molecule has 1 aromatic heterocycles. The van der Waals surface area contributed by atoms with Gasteiger partial charge in [-0.05, 0) is 86.5 Å². The van der Waals surface area contributed by atoms with Crippen molar-refractivity contribution in [3.63, 3.8) is 0 Å². The predicted octanol–water partition coefficient (Wildman–Crippen LogP) is 12.9. The van der Waals surface area contributed by atoms with E-state index in [1.165, 1.54) is 83.0 Å². The monoisotopic (exact) mass is 669 g/mol. The summed E-state index contributed by atoms with van der Waals surface area (Å²) in [4.78, 5) is 3.91. The lowest BCUT2D eigenvalue weighted by atomic mass is 9.63. The molecule has 0 unspecified atom stereocenters. The SMILES string of the molecule is c1ccc(-c2ccc3c(c2)-c2csc4c2N(C3)c2ccccc2C42c3cc(-c4ccccc4)ccc3Oc3ccc(-c4ccccc4)cc32)cc1. The van der Waals surface area contributed by atoms with E-state index in [0.29, 0.717) is 0 Å². The number of hydrogen-bond donors (Lipinski definition) is 0. The fourth-order valence-electron chi connectivity index (χ4n) is 8.70. The summed E-state index contributed by atoms with van der Waals surface area (Å²) < 4.78 is 6.90. The van der Waals surface area contributed by atoms with Gasteiger partial charge in [0.1, 0.15) is 11.5 Å². The minimum absolute atomic E-state index is 0.599. The molecule has 3 heteroatoms. The summed E-state index contributed by atoms with van der Waals surface area (Å²) in [5, 5.41) is 2.41. The van der Waals surface area contributed by atoms with Crippen LogP contribution in [0.1, 0.15) is 27.1 Å². The van der Waals surface area contributed by atoms with E-state index in [9.17, 15) is 0 Å². The minimum Gasteiger partial charge on any atom is -0.457 e. The number of anilines is 2. The number of benzene rings is 7. The van der Waals surface area contributed by atoms with Crippen molar-refractivity contribution in [3.05, 3.63) is 202 Å². The fraction of sp³-hybridized carbons (Fsp3) is 0.0417. The third-order valence-electron chi connectivity index (χ3n) is 11.0. The van der Waals surface area contributed by atoms with Crippen LogP contribution in [0, 0.1) is 0 Å². The molecule has 2 nitrogen and oxygen atoms in total. The second-order valence-corrected chi connectivity index (χ2v) is 14.6. The van der Waals surface area contributed by atoms with Crippen LogP contribution >= 0.6 is 11.3 Å². The highest BCUT2D eigenvalue weighted by Gasteiger charge is 2.53. The van der Waals surface area contributed by atoms with E-state index in [2.05, 4.69) is 180 Å². The molecule has 3 aliphatic rings. The van der Waals surface area contributed by atoms with Crippen molar-refractivity contribution in [2.75, 3.05) is 4.90 Å². The Morgan fingerprint density at radius 2 is 1.00 bits per heavy atom. The van der Waals surface area contributed by atoms with Crippen LogP contribution in [0.15, 0.2) is 175 Å². The van der Waals surface area contributed by atoms with Gasteiger partial charge in [-0.2, -0.15) is 0 Å². The second-order valence-electron chi connectivity index (χ2n) is 13.7. The van der Waals surface area contributed by atoms with Gasteiger partial charge in [0.15, 0.2) is 0 Å². The zero-order valence-electron chi connectivity index (χ0n) is 27.7. The molecule has 0 aliphatic carbocycles. The van der Waals surface area contributed by atoms with Crippen molar-refractivity contribution in [1.29, 1.82) is 0 Å². The molecule has 3 aliphatic heterocycles. The van der Waals surface area contributed by atoms with Gasteiger partial charge >= 0.3 is 0 Å². The van der Waals surface area contributed by atoms with Crippen molar-refractivity contribution in [2.24, 2.45) is 0 Å². The van der Waals surface area contributed by atoms with Crippen LogP contribution < -0.4 is 9.64 Å². The molecule has 0 bridgehead atoms. The number of thiophene rings is 1. The molecule has 51 heavy (non-hydrogen) atoms. The fourth-order valence-corrected chi connectivity index (χ4v) is 10.0. The van der Waals surface area contributed by atoms with E-state index in [4.69, 9.17) is 4.74 Å². The van der Waals surface area contributed by atoms with Crippen LogP contribution in [0.3, 0.4) is 0 Å². The Balaban J connectivity index is 1.24. The van der Waals surface area contributed by atoms with E-state index in [-0.39, 0.29) is 0 Å². The van der Waals surface area contributed by atoms with Crippen LogP contribution in [0.5, 0.6) is 11.5 Å². The molecule has 0 atom stereocenters. The Kier molecular flexibility index (Phi) is 6.14. The standard InChI is InChI=1S/C48H31NOS/c1-4-12-31(13-5-1)34-20-21-37-29-49-43-19-11-10-18-40(43)48(47-46(49)39(30-51-47)38(37)26-34)41-27-35(32-14-6-2-7-15-32)22-24-44(41)50-45-25-23-36(28-42(45)48)33-16-8-3-9-17-33/h1-28,30H,29H2. The maximum atomic E-state index is 6.90. The summed E-state index contributed by atoms with van der Waals surface area (Å²) in [7, 11) is 0. The van der Waals surface area contributed by atoms with Crippen molar-refractivity contribution in [3.8, 4) is 56.0 Å². The van der Waals surface area contributed by atoms with E-state index in [0.717, 1.165) is 18.0 Å². The second kappa shape index (κ2) is 10.9. The van der Waals surface area contributed by atoms with E-state index in [1.807, 2.05) is 11.3 Å². The summed E-state index contributed by atoms with van der Waals surface area (Å²) >= 11 is 1.89. The largest absolute Gasteiger partial charge is 0.457 e. The molecule has 8 aromatic rings. The lowest BCUT2D eigenvalue weighted by Gasteiger charge is -2.48. The summed E-state index contributed by atoms with van der Waals surface area (Å²) in [5.74, 6) is 1.81. The first-order valence-corrected chi connectivity index (χ1v) is 18.4. The first-order valence-electron chi connectivity index (χ1n) is 17.5. The van der Waals surface area contributed by atoms with Crippen molar-refractivity contribution in [2.45, 2.75) is 12.0 Å². The van der Waals surface area contributed by atoms with E-state index in [1.54, 1.807) is 0 Å². The molecule has 0 amide bonds. The molecule has 4 heterocycles. The zero-order chi connectivity index (χ0) is 33.5. The van der Waals surface area contributed by atoms with E-state index >= 15 is 0 Å². The first kappa shape index (κ1) is 28.7. The third kappa shape index (κ3) is 4.10. The number of hydrogen-bond acceptors (Lipinski definition) is 3. The maximum absolute atomic E-state index is 6.90. The molecule has 0 saturated heterocycles. The van der Waals surface area contributed by atoms with Crippen molar-refractivity contribution < 1.29 is 4.74 Å². The lowest BCUT2D eigenvalue weighted by Crippen LogP contribution is -2.40. The number of para-hydroxylation sites is 1. The summed E-state index contributed by atoms with van der Waals surface area (Å²) in [6, 6.07) is 61.8. The van der Waals surface area contributed by atoms with Gasteiger partial charge in [-0.15, -0.1) is 11.3 Å². The Morgan fingerprint density at radius 1 is 0.471 bits per heavy atom. The maximum Gasteiger partial charge on any atom is 0.132 e. The number of rotatable bonds is 3. The van der Waals surface area contributed by atoms with Crippen LogP contribution in [0.2, 0.25) is 0 Å². The molecule has 0 saturated carbocycles. The molecule has 0 fully saturated rings. The molecular formula is C48H31NOS. The first-order chi connectivity index (χ1) is 25.3. The minimum atomic E-state index is -0.599. The van der Waals surface area contributed by atoms with Gasteiger partial charge in [0.25, 0.3) is 0 Å². The molecule has 0 radical (unpaired) electrons. The quantitative estimate of drug-likeness (QED) is 0.186. The summed E-state index contributed by atoms with van der Waals surface area (Å²) in [6.07, 6.45) is 0. The molecular weight excluding hydrogens is 639 g/mol. The smallest absolute Gasteiger partial charge is 0.132 e. The van der Waals surface area contributed by atoms with Crippen molar-refractivity contribution >= 4 is 22.7 Å². The molecule has 0 N–H and O–H groups in total. The Bertz CT molecular complexity index is 2550. The Morgan fingerprint density at radius 3 is 1.61 bits per heavy atom. The van der Waals surface area contributed by atoms with Gasteiger partial charge in [-0.25, -0.2) is 0 Å². The van der Waals surface area contributed by atoms with Crippen molar-refractivity contribution in [1.82, 2.24) is 0 Å². The number of ether oxygens (including phenoxy) is 1. The summed E-state index contributed by atoms with van der Waals surface area (Å²) in [5.41, 5.74) is 16.8. The van der Waals surface area contributed by atoms with Crippen LogP contribution in [0.25, 0.3) is 44.5 Å². The predicted molar refractivity (Wildman–Crippen MR) is 210 cm³/mol. The van der Waals surface area contributed by atoms with Gasteiger partial charge in [-0.1, -0.05) is 133 Å². The Hall–Kier alpha value is -6.16. The van der Waals surface area contributed by atoms with E-state index < -0.39 is 5.41 Å². The van der Waals surface area contributed by atoms with Crippen LogP contribution in [-0.2, 0) is 12.0 Å². The highest BCUT2D eigenvalue weighted by molar-refractivity contribution is 7.11. The Labute approximate surface area is 301 Å². The van der Waals surface area contributed by atoms with Gasteiger partial charge < -0.3 is 9.64 Å². The molecule has 1 spiro atoms. The third-order valence-corrected chi connectivity index (χ3v) is 12.1. The summed E-state index contributed by atoms with van der Waals surface area (Å²) in [6.45, 7) is 0.818. The lowest BCUT2D eigenvalue weighted by molar-refractivity contribution is 0.435. The molecule has 240 valence electrons. The van der Waals surface area contributed by atoms with Gasteiger partial charge in [0, 0.05) is 39.2 Å². The topological polar surface area (TPSA) is 12.5 Å². The molecule has 7 aromatic carbocycles. The van der Waals surface area contributed by atoms with Gasteiger partial charge in [0.2, 0.25) is 0 Å². The zero-order valence-corrected chi connectivity index (χ0v) is 28.5. The van der Waals surface area contributed by atoms with Gasteiger partial charge in [0.05, 0.1) is 11.1 Å². The highest BCUT2D eigenvalue weighted by Crippen LogP contribution is 2.66. The average Bonchev–Trinajstić information content (AvgIpc) is 3.66. The van der Waals surface area contributed by atoms with Crippen LogP contribution in [-0.4, -0.2) is 0 Å². The van der Waals surface area contributed by atoms with Gasteiger partial charge in [-0.3, -0.25) is 0 Å². The normalized spacial score (nSPS) is 14.1. The molecule has 11 rings (SSSR count). The highest BCUT2D eigenvalue weighted by atomic mass is 32.1. The van der Waals surface area contributed by atoms with Crippen LogP contribution in [0.4, 0.5) is 11.4 Å².